The van der Waals surface area contributed by atoms with Crippen LogP contribution in [0.2, 0.25) is 0 Å². The zero-order valence-corrected chi connectivity index (χ0v) is 16.9. The predicted molar refractivity (Wildman–Crippen MR) is 115 cm³/mol. The molecule has 0 fully saturated rings. The number of nitro benzene ring substituents is 2. The number of rotatable bonds is 11. The van der Waals surface area contributed by atoms with Gasteiger partial charge >= 0.3 is 11.9 Å². The topological polar surface area (TPSA) is 139 Å². The van der Waals surface area contributed by atoms with Crippen molar-refractivity contribution >= 4 is 35.5 Å². The van der Waals surface area contributed by atoms with E-state index in [4.69, 9.17) is 9.47 Å². The molecular weight excluding hydrogens is 420 g/mol. The highest BCUT2D eigenvalue weighted by Crippen LogP contribution is 2.14. The van der Waals surface area contributed by atoms with E-state index >= 15 is 0 Å². The van der Waals surface area contributed by atoms with Crippen molar-refractivity contribution in [2.45, 2.75) is 12.8 Å². The second-order valence-corrected chi connectivity index (χ2v) is 6.41. The molecule has 0 aromatic heterocycles. The predicted octanol–water partition coefficient (Wildman–Crippen LogP) is 4.10. The first-order chi connectivity index (χ1) is 15.3. The largest absolute Gasteiger partial charge is 0.463 e. The number of esters is 2. The third-order valence-corrected chi connectivity index (χ3v) is 4.06. The van der Waals surface area contributed by atoms with E-state index in [9.17, 15) is 29.8 Å². The first kappa shape index (κ1) is 23.9. The highest BCUT2D eigenvalue weighted by atomic mass is 16.6. The van der Waals surface area contributed by atoms with E-state index in [1.54, 1.807) is 0 Å². The van der Waals surface area contributed by atoms with Gasteiger partial charge in [0.2, 0.25) is 0 Å². The van der Waals surface area contributed by atoms with Crippen molar-refractivity contribution in [3.05, 3.63) is 92.0 Å². The maximum absolute atomic E-state index is 11.7. The summed E-state index contributed by atoms with van der Waals surface area (Å²) in [7, 11) is 0. The first-order valence-corrected chi connectivity index (χ1v) is 9.54. The third kappa shape index (κ3) is 8.57. The average molecular weight is 440 g/mol. The molecule has 0 saturated carbocycles. The zero-order valence-electron chi connectivity index (χ0n) is 16.9. The van der Waals surface area contributed by atoms with Crippen LogP contribution in [-0.4, -0.2) is 35.0 Å². The summed E-state index contributed by atoms with van der Waals surface area (Å²) in [5, 5.41) is 21.2. The van der Waals surface area contributed by atoms with E-state index in [0.717, 1.165) is 0 Å². The van der Waals surface area contributed by atoms with Gasteiger partial charge in [0.1, 0.15) is 0 Å². The van der Waals surface area contributed by atoms with Crippen LogP contribution in [0.3, 0.4) is 0 Å². The normalized spacial score (nSPS) is 10.9. The molecule has 0 radical (unpaired) electrons. The molecule has 0 unspecified atom stereocenters. The van der Waals surface area contributed by atoms with Gasteiger partial charge in [0, 0.05) is 36.4 Å². The van der Waals surface area contributed by atoms with Crippen molar-refractivity contribution in [2.24, 2.45) is 0 Å². The Hall–Kier alpha value is -4.34. The zero-order chi connectivity index (χ0) is 23.3. The van der Waals surface area contributed by atoms with Gasteiger partial charge < -0.3 is 9.47 Å². The Bertz CT molecular complexity index is 928. The number of nitrogens with zero attached hydrogens (tertiary/aromatic N) is 2. The first-order valence-electron chi connectivity index (χ1n) is 9.54. The molecule has 2 aromatic carbocycles. The number of hydrogen-bond donors (Lipinski definition) is 0. The molecule has 0 heterocycles. The molecular formula is C22H20N2O8. The monoisotopic (exact) mass is 440 g/mol. The summed E-state index contributed by atoms with van der Waals surface area (Å²) >= 11 is 0. The molecule has 10 nitrogen and oxygen atoms in total. The molecule has 0 N–H and O–H groups in total. The fourth-order valence-electron chi connectivity index (χ4n) is 2.39. The number of hydrogen-bond acceptors (Lipinski definition) is 8. The smallest absolute Gasteiger partial charge is 0.330 e. The van der Waals surface area contributed by atoms with Crippen LogP contribution < -0.4 is 0 Å². The number of ether oxygens (including phenoxy) is 2. The Labute approximate surface area is 183 Å². The molecule has 10 heteroatoms. The summed E-state index contributed by atoms with van der Waals surface area (Å²) in [6, 6.07) is 11.4. The quantitative estimate of drug-likeness (QED) is 0.167. The molecule has 2 rings (SSSR count). The van der Waals surface area contributed by atoms with Gasteiger partial charge in [0.15, 0.2) is 0 Å². The molecule has 32 heavy (non-hydrogen) atoms. The lowest BCUT2D eigenvalue weighted by atomic mass is 10.2. The van der Waals surface area contributed by atoms with Crippen LogP contribution >= 0.6 is 0 Å². The van der Waals surface area contributed by atoms with Gasteiger partial charge in [-0.15, -0.1) is 0 Å². The van der Waals surface area contributed by atoms with E-state index in [-0.39, 0.29) is 24.6 Å². The van der Waals surface area contributed by atoms with Gasteiger partial charge in [-0.1, -0.05) is 0 Å². The van der Waals surface area contributed by atoms with Crippen molar-refractivity contribution in [1.29, 1.82) is 0 Å². The summed E-state index contributed by atoms with van der Waals surface area (Å²) < 4.78 is 10.1. The standard InChI is InChI=1S/C22H20N2O8/c25-21(13-7-17-3-9-19(10-4-17)23(27)28)31-15-1-2-16-32-22(26)14-8-18-5-11-20(12-6-18)24(29)30/h3-14H,1-2,15-16H2/b13-7+,14-8+. The summed E-state index contributed by atoms with van der Waals surface area (Å²) in [4.78, 5) is 43.5. The minimum atomic E-state index is -0.550. The van der Waals surface area contributed by atoms with E-state index in [0.29, 0.717) is 24.0 Å². The van der Waals surface area contributed by atoms with Crippen LogP contribution in [0, 0.1) is 20.2 Å². The molecule has 0 atom stereocenters. The lowest BCUT2D eigenvalue weighted by Gasteiger charge is -2.03. The van der Waals surface area contributed by atoms with Crippen molar-refractivity contribution in [3.8, 4) is 0 Å². The van der Waals surface area contributed by atoms with Crippen LogP contribution in [0.1, 0.15) is 24.0 Å². The van der Waals surface area contributed by atoms with Crippen molar-refractivity contribution in [1.82, 2.24) is 0 Å². The van der Waals surface area contributed by atoms with Gasteiger partial charge in [-0.25, -0.2) is 9.59 Å². The molecule has 0 saturated heterocycles. The molecule has 166 valence electrons. The van der Waals surface area contributed by atoms with Gasteiger partial charge in [-0.3, -0.25) is 20.2 Å². The van der Waals surface area contributed by atoms with Crippen molar-refractivity contribution < 1.29 is 28.9 Å². The van der Waals surface area contributed by atoms with E-state index in [2.05, 4.69) is 0 Å². The summed E-state index contributed by atoms with van der Waals surface area (Å²) in [5.74, 6) is -1.10. The average Bonchev–Trinajstić information content (AvgIpc) is 2.79. The van der Waals surface area contributed by atoms with Crippen LogP contribution in [0.15, 0.2) is 60.7 Å². The number of benzene rings is 2. The Morgan fingerprint density at radius 2 is 1.03 bits per heavy atom. The Balaban J connectivity index is 1.60. The number of unbranched alkanes of at least 4 members (excludes halogenated alkanes) is 1. The van der Waals surface area contributed by atoms with Crippen molar-refractivity contribution in [3.63, 3.8) is 0 Å². The molecule has 2 aromatic rings. The third-order valence-electron chi connectivity index (χ3n) is 4.06. The second-order valence-electron chi connectivity index (χ2n) is 6.41. The Kier molecular flexibility index (Phi) is 9.26. The van der Waals surface area contributed by atoms with E-state index in [1.807, 2.05) is 0 Å². The molecule has 0 spiro atoms. The number of nitro groups is 2. The summed E-state index contributed by atoms with van der Waals surface area (Å²) in [6.07, 6.45) is 6.43. The Morgan fingerprint density at radius 3 is 1.34 bits per heavy atom. The number of non-ortho nitro benzene ring substituents is 2. The summed E-state index contributed by atoms with van der Waals surface area (Å²) in [5.41, 5.74) is 1.18. The SMILES string of the molecule is O=C(/C=C/c1ccc([N+](=O)[O-])cc1)OCCCCOC(=O)/C=C/c1ccc([N+](=O)[O-])cc1. The van der Waals surface area contributed by atoms with Crippen molar-refractivity contribution in [2.75, 3.05) is 13.2 Å². The van der Waals surface area contributed by atoms with E-state index < -0.39 is 21.8 Å². The highest BCUT2D eigenvalue weighted by Gasteiger charge is 2.04. The summed E-state index contributed by atoms with van der Waals surface area (Å²) in [6.45, 7) is 0.305. The van der Waals surface area contributed by atoms with E-state index in [1.165, 1.54) is 72.8 Å². The Morgan fingerprint density at radius 1 is 0.688 bits per heavy atom. The lowest BCUT2D eigenvalue weighted by molar-refractivity contribution is -0.385. The highest BCUT2D eigenvalue weighted by molar-refractivity contribution is 5.87. The lowest BCUT2D eigenvalue weighted by Crippen LogP contribution is -2.06. The minimum absolute atomic E-state index is 0.0349. The second kappa shape index (κ2) is 12.4. The fourth-order valence-corrected chi connectivity index (χ4v) is 2.39. The van der Waals surface area contributed by atoms with Crippen LogP contribution in [-0.2, 0) is 19.1 Å². The van der Waals surface area contributed by atoms with Gasteiger partial charge in [-0.2, -0.15) is 0 Å². The van der Waals surface area contributed by atoms with Crippen LogP contribution in [0.5, 0.6) is 0 Å². The number of carbonyl (C=O) groups is 2. The van der Waals surface area contributed by atoms with Gasteiger partial charge in [0.25, 0.3) is 11.4 Å². The van der Waals surface area contributed by atoms with Gasteiger partial charge in [0.05, 0.1) is 23.1 Å². The molecule has 0 bridgehead atoms. The fraction of sp³-hybridized carbons (Fsp3) is 0.182. The molecule has 0 aliphatic heterocycles. The minimum Gasteiger partial charge on any atom is -0.463 e. The van der Waals surface area contributed by atoms with Gasteiger partial charge in [-0.05, 0) is 60.4 Å². The molecule has 0 amide bonds. The van der Waals surface area contributed by atoms with Crippen LogP contribution in [0.25, 0.3) is 12.2 Å². The van der Waals surface area contributed by atoms with Crippen LogP contribution in [0.4, 0.5) is 11.4 Å². The molecule has 0 aliphatic rings. The maximum Gasteiger partial charge on any atom is 0.330 e. The maximum atomic E-state index is 11.7. The molecule has 0 aliphatic carbocycles. The number of carbonyl (C=O) groups excluding carboxylic acids is 2.